The van der Waals surface area contributed by atoms with Crippen molar-refractivity contribution in [3.8, 4) is 28.3 Å². The Morgan fingerprint density at radius 1 is 0.683 bits per heavy atom. The van der Waals surface area contributed by atoms with Crippen LogP contribution >= 0.6 is 0 Å². The number of imidazole rings is 1. The lowest BCUT2D eigenvalue weighted by atomic mass is 9.91. The molecule has 5 rings (SSSR count). The number of nitrogens with one attached hydrogen (secondary N) is 1. The third kappa shape index (κ3) is 5.24. The van der Waals surface area contributed by atoms with Crippen molar-refractivity contribution < 1.29 is 5.11 Å². The quantitative estimate of drug-likeness (QED) is 0.214. The van der Waals surface area contributed by atoms with Gasteiger partial charge in [-0.25, -0.2) is 4.98 Å². The smallest absolute Gasteiger partial charge is 0.141 e. The van der Waals surface area contributed by atoms with E-state index in [4.69, 9.17) is 4.98 Å². The van der Waals surface area contributed by atoms with Crippen molar-refractivity contribution in [1.82, 2.24) is 9.55 Å². The van der Waals surface area contributed by atoms with Crippen LogP contribution in [0.25, 0.3) is 33.5 Å². The number of fused-ring (bicyclic) bond motifs is 1. The molecule has 5 aromatic rings. The number of para-hydroxylation sites is 1. The van der Waals surface area contributed by atoms with E-state index >= 15 is 0 Å². The van der Waals surface area contributed by atoms with Crippen LogP contribution < -0.4 is 5.32 Å². The van der Waals surface area contributed by atoms with Gasteiger partial charge in [-0.2, -0.15) is 0 Å². The molecule has 0 unspecified atom stereocenters. The normalized spacial score (nSPS) is 11.8. The number of nitrogens with zero attached hydrogens (tertiary/aromatic N) is 2. The molecule has 4 heteroatoms. The summed E-state index contributed by atoms with van der Waals surface area (Å²) in [7, 11) is 2.09. The Bertz CT molecular complexity index is 1710. The maximum atomic E-state index is 11.4. The van der Waals surface area contributed by atoms with Gasteiger partial charge in [0.25, 0.3) is 0 Å². The average Bonchev–Trinajstić information content (AvgIpc) is 3.25. The molecule has 0 radical (unpaired) electrons. The van der Waals surface area contributed by atoms with Crippen molar-refractivity contribution in [2.45, 2.75) is 73.1 Å². The lowest BCUT2D eigenvalue weighted by Gasteiger charge is -2.21. The zero-order chi connectivity index (χ0) is 29.6. The predicted molar refractivity (Wildman–Crippen MR) is 175 cm³/mol. The van der Waals surface area contributed by atoms with E-state index in [0.29, 0.717) is 17.6 Å². The van der Waals surface area contributed by atoms with Gasteiger partial charge < -0.3 is 15.0 Å². The predicted octanol–water partition coefficient (Wildman–Crippen LogP) is 10.3. The molecule has 0 bridgehead atoms. The largest absolute Gasteiger partial charge is 0.507 e. The number of hydrogen-bond acceptors (Lipinski definition) is 3. The lowest BCUT2D eigenvalue weighted by molar-refractivity contribution is 0.466. The number of phenols is 1. The molecule has 1 aromatic heterocycles. The number of aromatic hydroxyl groups is 1. The van der Waals surface area contributed by atoms with Crippen LogP contribution in [0.1, 0.15) is 87.1 Å². The molecule has 41 heavy (non-hydrogen) atoms. The lowest BCUT2D eigenvalue weighted by Crippen LogP contribution is -2.04. The van der Waals surface area contributed by atoms with Crippen LogP contribution in [0.5, 0.6) is 5.75 Å². The molecule has 0 aliphatic rings. The third-order valence-corrected chi connectivity index (χ3v) is 8.13. The molecule has 1 heterocycles. The van der Waals surface area contributed by atoms with Gasteiger partial charge in [-0.3, -0.25) is 0 Å². The number of benzene rings is 4. The molecule has 0 aliphatic heterocycles. The van der Waals surface area contributed by atoms with Crippen molar-refractivity contribution in [1.29, 1.82) is 0 Å². The standard InChI is InChI=1S/C37H43N3O/c1-21(2)26-15-12-16-27(22(3)4)34(26)38-32-19-25(8)20-33-35(32)39-37(40(33)9)29-14-11-10-13-28(29)31-18-24(7)17-30(23(5)6)36(31)41/h10-23,38,41H,1-9H3. The summed E-state index contributed by atoms with van der Waals surface area (Å²) in [5.41, 5.74) is 12.9. The topological polar surface area (TPSA) is 50.1 Å². The molecule has 0 atom stereocenters. The fourth-order valence-corrected chi connectivity index (χ4v) is 5.96. The van der Waals surface area contributed by atoms with E-state index in [-0.39, 0.29) is 5.92 Å². The minimum atomic E-state index is 0.220. The van der Waals surface area contributed by atoms with Gasteiger partial charge in [0, 0.05) is 23.9 Å². The van der Waals surface area contributed by atoms with Gasteiger partial charge >= 0.3 is 0 Å². The van der Waals surface area contributed by atoms with E-state index in [9.17, 15) is 5.11 Å². The maximum absolute atomic E-state index is 11.4. The van der Waals surface area contributed by atoms with Crippen molar-refractivity contribution in [2.75, 3.05) is 5.32 Å². The summed E-state index contributed by atoms with van der Waals surface area (Å²) < 4.78 is 2.18. The molecular weight excluding hydrogens is 502 g/mol. The van der Waals surface area contributed by atoms with Crippen molar-refractivity contribution in [3.05, 3.63) is 94.5 Å². The van der Waals surface area contributed by atoms with Crippen LogP contribution in [0.2, 0.25) is 0 Å². The SMILES string of the molecule is Cc1cc(-c2ccccc2-c2nc3c(Nc4c(C(C)C)cccc4C(C)C)cc(C)cc3n2C)c(O)c(C(C)C)c1. The Kier molecular flexibility index (Phi) is 7.70. The molecule has 0 saturated carbocycles. The number of rotatable bonds is 7. The fraction of sp³-hybridized carbons (Fsp3) is 0.324. The summed E-state index contributed by atoms with van der Waals surface area (Å²) in [5, 5.41) is 15.2. The molecule has 0 fully saturated rings. The monoisotopic (exact) mass is 545 g/mol. The second kappa shape index (κ2) is 11.1. The first-order valence-corrected chi connectivity index (χ1v) is 14.8. The Hall–Kier alpha value is -4.05. The highest BCUT2D eigenvalue weighted by Gasteiger charge is 2.21. The first-order chi connectivity index (χ1) is 19.5. The Labute approximate surface area is 245 Å². The van der Waals surface area contributed by atoms with Crippen molar-refractivity contribution in [3.63, 3.8) is 0 Å². The molecule has 0 saturated heterocycles. The van der Waals surface area contributed by atoms with E-state index in [2.05, 4.69) is 127 Å². The van der Waals surface area contributed by atoms with Crippen LogP contribution in [0, 0.1) is 13.8 Å². The Balaban J connectivity index is 1.72. The zero-order valence-electron chi connectivity index (χ0n) is 25.9. The van der Waals surface area contributed by atoms with Crippen LogP contribution in [-0.2, 0) is 7.05 Å². The number of aryl methyl sites for hydroxylation is 3. The fourth-order valence-electron chi connectivity index (χ4n) is 5.96. The van der Waals surface area contributed by atoms with Gasteiger partial charge in [0.15, 0.2) is 0 Å². The first kappa shape index (κ1) is 28.5. The van der Waals surface area contributed by atoms with Crippen LogP contribution in [0.4, 0.5) is 11.4 Å². The second-order valence-corrected chi connectivity index (χ2v) is 12.4. The number of phenolic OH excluding ortho intramolecular Hbond substituents is 1. The van der Waals surface area contributed by atoms with Gasteiger partial charge in [-0.05, 0) is 83.2 Å². The van der Waals surface area contributed by atoms with E-state index in [1.807, 2.05) is 12.1 Å². The van der Waals surface area contributed by atoms with Gasteiger partial charge in [-0.15, -0.1) is 0 Å². The van der Waals surface area contributed by atoms with E-state index in [1.165, 1.54) is 22.4 Å². The van der Waals surface area contributed by atoms with E-state index < -0.39 is 0 Å². The molecule has 4 nitrogen and oxygen atoms in total. The summed E-state index contributed by atoms with van der Waals surface area (Å²) in [6, 6.07) is 23.5. The maximum Gasteiger partial charge on any atom is 0.141 e. The van der Waals surface area contributed by atoms with Gasteiger partial charge in [0.1, 0.15) is 17.1 Å². The highest BCUT2D eigenvalue weighted by molar-refractivity contribution is 5.96. The Morgan fingerprint density at radius 3 is 1.88 bits per heavy atom. The number of hydrogen-bond donors (Lipinski definition) is 2. The minimum Gasteiger partial charge on any atom is -0.507 e. The summed E-state index contributed by atoms with van der Waals surface area (Å²) in [4.78, 5) is 5.28. The van der Waals surface area contributed by atoms with Crippen molar-refractivity contribution >= 4 is 22.4 Å². The number of anilines is 2. The molecule has 0 spiro atoms. The van der Waals surface area contributed by atoms with E-state index in [0.717, 1.165) is 50.4 Å². The molecule has 0 aliphatic carbocycles. The molecule has 2 N–H and O–H groups in total. The highest BCUT2D eigenvalue weighted by atomic mass is 16.3. The summed E-state index contributed by atoms with van der Waals surface area (Å²) in [5.74, 6) is 2.22. The third-order valence-electron chi connectivity index (χ3n) is 8.13. The molecular formula is C37H43N3O. The molecule has 4 aromatic carbocycles. The van der Waals surface area contributed by atoms with Gasteiger partial charge in [0.2, 0.25) is 0 Å². The zero-order valence-corrected chi connectivity index (χ0v) is 25.9. The first-order valence-electron chi connectivity index (χ1n) is 14.8. The van der Waals surface area contributed by atoms with Crippen LogP contribution in [-0.4, -0.2) is 14.7 Å². The van der Waals surface area contributed by atoms with Crippen LogP contribution in [0.15, 0.2) is 66.7 Å². The highest BCUT2D eigenvalue weighted by Crippen LogP contribution is 2.43. The van der Waals surface area contributed by atoms with Crippen molar-refractivity contribution in [2.24, 2.45) is 7.05 Å². The molecule has 212 valence electrons. The van der Waals surface area contributed by atoms with Gasteiger partial charge in [0.05, 0.1) is 11.2 Å². The second-order valence-electron chi connectivity index (χ2n) is 12.4. The summed E-state index contributed by atoms with van der Waals surface area (Å²) in [6.07, 6.45) is 0. The summed E-state index contributed by atoms with van der Waals surface area (Å²) in [6.45, 7) is 17.5. The number of aromatic nitrogens is 2. The average molecular weight is 546 g/mol. The summed E-state index contributed by atoms with van der Waals surface area (Å²) >= 11 is 0. The molecule has 0 amide bonds. The minimum absolute atomic E-state index is 0.220. The van der Waals surface area contributed by atoms with Gasteiger partial charge in [-0.1, -0.05) is 90.1 Å². The Morgan fingerprint density at radius 2 is 1.27 bits per heavy atom. The van der Waals surface area contributed by atoms with E-state index in [1.54, 1.807) is 0 Å². The van der Waals surface area contributed by atoms with Crippen LogP contribution in [0.3, 0.4) is 0 Å².